The lowest BCUT2D eigenvalue weighted by Gasteiger charge is -2.19. The van der Waals surface area contributed by atoms with Crippen molar-refractivity contribution < 1.29 is 17.2 Å². The molecule has 0 atom stereocenters. The minimum absolute atomic E-state index is 0.0881. The standard InChI is InChI=1S/C21H25F2N7O2S2/c1-21(6-7-21)28-34(31,32)13-10-14(12-4-8-24-9-5-12)15-17(29(2)3)25-18(30(15)11-13)20-27-26-19(33-20)16(22)23/h4,10-11,16,24,28H,5-9H2,1-3H3. The number of sulfonamides is 1. The highest BCUT2D eigenvalue weighted by Crippen LogP contribution is 2.39. The molecule has 0 saturated heterocycles. The summed E-state index contributed by atoms with van der Waals surface area (Å²) in [4.78, 5) is 6.60. The summed E-state index contributed by atoms with van der Waals surface area (Å²) in [5, 5.41) is 10.6. The number of imidazole rings is 1. The maximum Gasteiger partial charge on any atom is 0.291 e. The Hall–Kier alpha value is -2.48. The van der Waals surface area contributed by atoms with E-state index in [0.717, 1.165) is 41.9 Å². The van der Waals surface area contributed by atoms with Crippen molar-refractivity contribution in [2.24, 2.45) is 0 Å². The van der Waals surface area contributed by atoms with Crippen LogP contribution in [-0.4, -0.2) is 60.7 Å². The Morgan fingerprint density at radius 1 is 1.29 bits per heavy atom. The van der Waals surface area contributed by atoms with E-state index in [0.29, 0.717) is 24.3 Å². The second kappa shape index (κ2) is 8.33. The summed E-state index contributed by atoms with van der Waals surface area (Å²) in [5.74, 6) is 0.859. The lowest BCUT2D eigenvalue weighted by molar-refractivity contribution is 0.150. The Bertz CT molecular complexity index is 1390. The van der Waals surface area contributed by atoms with E-state index in [2.05, 4.69) is 20.2 Å². The fourth-order valence-electron chi connectivity index (χ4n) is 3.98. The molecule has 3 aromatic rings. The number of anilines is 1. The molecule has 3 aromatic heterocycles. The molecule has 1 aliphatic carbocycles. The number of hydrogen-bond acceptors (Lipinski definition) is 8. The molecule has 1 saturated carbocycles. The van der Waals surface area contributed by atoms with E-state index in [1.165, 1.54) is 6.20 Å². The van der Waals surface area contributed by atoms with Gasteiger partial charge in [0.2, 0.25) is 10.0 Å². The van der Waals surface area contributed by atoms with Gasteiger partial charge >= 0.3 is 0 Å². The topological polar surface area (TPSA) is 105 Å². The summed E-state index contributed by atoms with van der Waals surface area (Å²) < 4.78 is 57.5. The maximum atomic E-state index is 13.3. The molecule has 4 heterocycles. The average Bonchev–Trinajstić information content (AvgIpc) is 3.18. The van der Waals surface area contributed by atoms with E-state index < -0.39 is 27.0 Å². The van der Waals surface area contributed by atoms with Crippen LogP contribution in [0, 0.1) is 0 Å². The van der Waals surface area contributed by atoms with E-state index in [-0.39, 0.29) is 15.7 Å². The first-order chi connectivity index (χ1) is 16.1. The Labute approximate surface area is 200 Å². The number of nitrogens with zero attached hydrogens (tertiary/aromatic N) is 5. The van der Waals surface area contributed by atoms with Crippen molar-refractivity contribution in [3.8, 4) is 10.8 Å². The fourth-order valence-corrected chi connectivity index (χ4v) is 6.15. The minimum atomic E-state index is -3.83. The number of pyridine rings is 1. The normalized spacial score (nSPS) is 17.9. The molecule has 2 aliphatic rings. The zero-order valence-corrected chi connectivity index (χ0v) is 20.6. The molecule has 1 aliphatic heterocycles. The van der Waals surface area contributed by atoms with E-state index in [1.807, 2.05) is 32.0 Å². The third-order valence-corrected chi connectivity index (χ3v) is 8.57. The zero-order valence-electron chi connectivity index (χ0n) is 19.0. The summed E-state index contributed by atoms with van der Waals surface area (Å²) in [6, 6.07) is 1.68. The second-order valence-corrected chi connectivity index (χ2v) is 11.7. The van der Waals surface area contributed by atoms with Gasteiger partial charge in [-0.3, -0.25) is 4.40 Å². The van der Waals surface area contributed by atoms with Gasteiger partial charge in [0.15, 0.2) is 21.7 Å². The number of rotatable bonds is 7. The van der Waals surface area contributed by atoms with Gasteiger partial charge in [0.05, 0.1) is 10.4 Å². The molecule has 182 valence electrons. The van der Waals surface area contributed by atoms with Crippen molar-refractivity contribution in [2.75, 3.05) is 32.1 Å². The number of aromatic nitrogens is 4. The lowest BCUT2D eigenvalue weighted by atomic mass is 10.00. The Kier molecular flexibility index (Phi) is 5.70. The van der Waals surface area contributed by atoms with Crippen molar-refractivity contribution in [3.05, 3.63) is 28.9 Å². The van der Waals surface area contributed by atoms with Crippen molar-refractivity contribution in [2.45, 2.75) is 43.0 Å². The van der Waals surface area contributed by atoms with E-state index in [4.69, 9.17) is 4.98 Å². The van der Waals surface area contributed by atoms with Crippen LogP contribution in [0.5, 0.6) is 0 Å². The molecule has 1 fully saturated rings. The first-order valence-electron chi connectivity index (χ1n) is 10.9. The minimum Gasteiger partial charge on any atom is -0.361 e. The molecule has 13 heteroatoms. The first kappa shape index (κ1) is 23.3. The third kappa shape index (κ3) is 4.21. The molecular weight excluding hydrogens is 484 g/mol. The molecule has 5 rings (SSSR count). The molecular formula is C21H25F2N7O2S2. The summed E-state index contributed by atoms with van der Waals surface area (Å²) in [7, 11) is -0.172. The molecule has 0 unspecified atom stereocenters. The molecule has 0 bridgehead atoms. The molecule has 9 nitrogen and oxygen atoms in total. The van der Waals surface area contributed by atoms with Gasteiger partial charge in [0.25, 0.3) is 6.43 Å². The molecule has 0 amide bonds. The molecule has 0 spiro atoms. The number of fused-ring (bicyclic) bond motifs is 1. The molecule has 2 N–H and O–H groups in total. The van der Waals surface area contributed by atoms with E-state index in [9.17, 15) is 17.2 Å². The smallest absolute Gasteiger partial charge is 0.291 e. The predicted octanol–water partition coefficient (Wildman–Crippen LogP) is 3.06. The van der Waals surface area contributed by atoms with Crippen molar-refractivity contribution in [3.63, 3.8) is 0 Å². The van der Waals surface area contributed by atoms with E-state index >= 15 is 0 Å². The van der Waals surface area contributed by atoms with Crippen LogP contribution < -0.4 is 14.9 Å². The van der Waals surface area contributed by atoms with Crippen LogP contribution in [0.25, 0.3) is 21.9 Å². The Morgan fingerprint density at radius 2 is 2.06 bits per heavy atom. The highest BCUT2D eigenvalue weighted by molar-refractivity contribution is 7.89. The van der Waals surface area contributed by atoms with Gasteiger partial charge in [-0.1, -0.05) is 17.4 Å². The van der Waals surface area contributed by atoms with Gasteiger partial charge in [-0.05, 0) is 44.4 Å². The number of nitrogens with one attached hydrogen (secondary N) is 2. The first-order valence-corrected chi connectivity index (χ1v) is 13.2. The summed E-state index contributed by atoms with van der Waals surface area (Å²) in [6.45, 7) is 3.30. The van der Waals surface area contributed by atoms with Crippen LogP contribution in [-0.2, 0) is 10.0 Å². The van der Waals surface area contributed by atoms with Gasteiger partial charge in [-0.2, -0.15) is 0 Å². The van der Waals surface area contributed by atoms with Gasteiger partial charge in [-0.15, -0.1) is 10.2 Å². The van der Waals surface area contributed by atoms with Crippen molar-refractivity contribution in [1.29, 1.82) is 0 Å². The predicted molar refractivity (Wildman–Crippen MR) is 127 cm³/mol. The fraction of sp³-hybridized carbons (Fsp3) is 0.476. The van der Waals surface area contributed by atoms with Gasteiger partial charge in [-0.25, -0.2) is 26.9 Å². The lowest BCUT2D eigenvalue weighted by Crippen LogP contribution is -2.34. The van der Waals surface area contributed by atoms with Gasteiger partial charge in [0, 0.05) is 37.9 Å². The highest BCUT2D eigenvalue weighted by Gasteiger charge is 2.41. The molecule has 0 aromatic carbocycles. The summed E-state index contributed by atoms with van der Waals surface area (Å²) in [5.41, 5.74) is 1.99. The SMILES string of the molecule is CN(C)c1nc(-c2nnc(C(F)F)s2)n2cc(S(=O)(=O)NC3(C)CC3)cc(C3=CCNCC3)c12. The van der Waals surface area contributed by atoms with Gasteiger partial charge < -0.3 is 10.2 Å². The number of halogens is 2. The van der Waals surface area contributed by atoms with Gasteiger partial charge in [0.1, 0.15) is 0 Å². The van der Waals surface area contributed by atoms with Crippen LogP contribution in [0.3, 0.4) is 0 Å². The number of alkyl halides is 2. The molecule has 34 heavy (non-hydrogen) atoms. The highest BCUT2D eigenvalue weighted by atomic mass is 32.2. The maximum absolute atomic E-state index is 13.3. The second-order valence-electron chi connectivity index (χ2n) is 9.06. The Balaban J connectivity index is 1.78. The van der Waals surface area contributed by atoms with Crippen molar-refractivity contribution >= 4 is 38.3 Å². The van der Waals surface area contributed by atoms with Crippen LogP contribution in [0.1, 0.15) is 43.2 Å². The zero-order chi connectivity index (χ0) is 24.3. The molecule has 0 radical (unpaired) electrons. The monoisotopic (exact) mass is 509 g/mol. The number of hydrogen-bond donors (Lipinski definition) is 2. The summed E-state index contributed by atoms with van der Waals surface area (Å²) in [6.07, 6.45) is 3.05. The quantitative estimate of drug-likeness (QED) is 0.504. The van der Waals surface area contributed by atoms with Crippen molar-refractivity contribution in [1.82, 2.24) is 29.6 Å². The van der Waals surface area contributed by atoms with Crippen LogP contribution >= 0.6 is 11.3 Å². The van der Waals surface area contributed by atoms with Crippen LogP contribution in [0.4, 0.5) is 14.6 Å². The third-order valence-electron chi connectivity index (χ3n) is 6.03. The van der Waals surface area contributed by atoms with Crippen LogP contribution in [0.15, 0.2) is 23.2 Å². The van der Waals surface area contributed by atoms with E-state index in [1.54, 1.807) is 10.5 Å². The largest absolute Gasteiger partial charge is 0.361 e. The van der Waals surface area contributed by atoms with Crippen LogP contribution in [0.2, 0.25) is 0 Å². The Morgan fingerprint density at radius 3 is 2.65 bits per heavy atom. The summed E-state index contributed by atoms with van der Waals surface area (Å²) >= 11 is 0.745. The average molecular weight is 510 g/mol.